The molecule has 1 aliphatic rings. The van der Waals surface area contributed by atoms with E-state index in [-0.39, 0.29) is 17.2 Å². The number of benzene rings is 1. The van der Waals surface area contributed by atoms with Gasteiger partial charge in [0.1, 0.15) is 0 Å². The topological polar surface area (TPSA) is 55.2 Å². The average molecular weight is 376 g/mol. The van der Waals surface area contributed by atoms with Crippen LogP contribution >= 0.6 is 23.5 Å². The summed E-state index contributed by atoms with van der Waals surface area (Å²) in [6, 6.07) is 9.50. The number of carbonyl (C=O) groups is 1. The maximum absolute atomic E-state index is 12.9. The van der Waals surface area contributed by atoms with Gasteiger partial charge in [-0.25, -0.2) is 0 Å². The molecule has 1 atom stereocenters. The molecule has 0 saturated heterocycles. The maximum atomic E-state index is 12.9. The summed E-state index contributed by atoms with van der Waals surface area (Å²) >= 11 is 3.14. The van der Waals surface area contributed by atoms with Crippen molar-refractivity contribution in [2.45, 2.75) is 42.1 Å². The highest BCUT2D eigenvalue weighted by Crippen LogP contribution is 2.37. The first-order valence-electron chi connectivity index (χ1n) is 8.35. The second kappa shape index (κ2) is 8.10. The molecule has 3 rings (SSSR count). The molecule has 25 heavy (non-hydrogen) atoms. The van der Waals surface area contributed by atoms with Crippen molar-refractivity contribution in [1.29, 1.82) is 0 Å². The first kappa shape index (κ1) is 18.1. The SMILES string of the molecule is CCn1ccc(=O)nc1SCC(=O)N1CCC(C)Sc2ccccc21. The van der Waals surface area contributed by atoms with Gasteiger partial charge >= 0.3 is 0 Å². The zero-order valence-corrected chi connectivity index (χ0v) is 16.0. The summed E-state index contributed by atoms with van der Waals surface area (Å²) in [5, 5.41) is 1.07. The Labute approximate surface area is 155 Å². The highest BCUT2D eigenvalue weighted by Gasteiger charge is 2.24. The van der Waals surface area contributed by atoms with Gasteiger partial charge in [0.05, 0.1) is 11.4 Å². The third-order valence-electron chi connectivity index (χ3n) is 4.06. The van der Waals surface area contributed by atoms with Crippen LogP contribution in [0, 0.1) is 0 Å². The van der Waals surface area contributed by atoms with Crippen LogP contribution in [0.5, 0.6) is 0 Å². The van der Waals surface area contributed by atoms with Gasteiger partial charge in [-0.05, 0) is 25.5 Å². The molecule has 0 N–H and O–H groups in total. The third-order valence-corrected chi connectivity index (χ3v) is 6.27. The van der Waals surface area contributed by atoms with Gasteiger partial charge in [-0.2, -0.15) is 4.98 Å². The zero-order chi connectivity index (χ0) is 17.8. The van der Waals surface area contributed by atoms with Crippen LogP contribution in [0.4, 0.5) is 5.69 Å². The number of thioether (sulfide) groups is 2. The van der Waals surface area contributed by atoms with Crippen LogP contribution in [0.1, 0.15) is 20.3 Å². The summed E-state index contributed by atoms with van der Waals surface area (Å²) in [6.45, 7) is 5.61. The molecule has 1 amide bonds. The molecule has 132 valence electrons. The van der Waals surface area contributed by atoms with Crippen LogP contribution in [-0.2, 0) is 11.3 Å². The number of hydrogen-bond acceptors (Lipinski definition) is 5. The molecule has 5 nitrogen and oxygen atoms in total. The van der Waals surface area contributed by atoms with Gasteiger partial charge in [0, 0.05) is 35.5 Å². The number of hydrogen-bond donors (Lipinski definition) is 0. The summed E-state index contributed by atoms with van der Waals surface area (Å²) in [6.07, 6.45) is 2.68. The lowest BCUT2D eigenvalue weighted by atomic mass is 10.2. The molecule has 0 aliphatic carbocycles. The van der Waals surface area contributed by atoms with Crippen LogP contribution in [0.15, 0.2) is 51.4 Å². The van der Waals surface area contributed by atoms with Crippen molar-refractivity contribution in [1.82, 2.24) is 9.55 Å². The van der Waals surface area contributed by atoms with Crippen LogP contribution in [0.3, 0.4) is 0 Å². The van der Waals surface area contributed by atoms with Crippen LogP contribution in [0.2, 0.25) is 0 Å². The minimum Gasteiger partial charge on any atom is -0.328 e. The molecule has 1 aliphatic heterocycles. The fourth-order valence-corrected chi connectivity index (χ4v) is 4.75. The van der Waals surface area contributed by atoms with Crippen LogP contribution in [0.25, 0.3) is 0 Å². The van der Waals surface area contributed by atoms with Crippen molar-refractivity contribution in [3.8, 4) is 0 Å². The summed E-state index contributed by atoms with van der Waals surface area (Å²) in [4.78, 5) is 31.4. The number of carbonyl (C=O) groups excluding carboxylic acids is 1. The predicted molar refractivity (Wildman–Crippen MR) is 104 cm³/mol. The Hall–Kier alpha value is -1.73. The lowest BCUT2D eigenvalue weighted by Gasteiger charge is -2.22. The second-order valence-corrected chi connectivity index (χ2v) is 8.28. The van der Waals surface area contributed by atoms with Gasteiger partial charge in [0.2, 0.25) is 5.91 Å². The zero-order valence-electron chi connectivity index (χ0n) is 14.3. The van der Waals surface area contributed by atoms with E-state index in [1.807, 2.05) is 46.4 Å². The molecule has 2 heterocycles. The Kier molecular flexibility index (Phi) is 5.86. The van der Waals surface area contributed by atoms with E-state index in [1.165, 1.54) is 17.8 Å². The summed E-state index contributed by atoms with van der Waals surface area (Å²) in [5.74, 6) is 0.317. The number of nitrogens with zero attached hydrogens (tertiary/aromatic N) is 3. The normalized spacial score (nSPS) is 17.0. The van der Waals surface area contributed by atoms with Gasteiger partial charge in [0.15, 0.2) is 5.16 Å². The Bertz CT molecular complexity index is 822. The second-order valence-electron chi connectivity index (χ2n) is 5.85. The molecule has 0 radical (unpaired) electrons. The lowest BCUT2D eigenvalue weighted by Crippen LogP contribution is -2.33. The van der Waals surface area contributed by atoms with E-state index in [0.717, 1.165) is 17.0 Å². The number of para-hydroxylation sites is 1. The smallest absolute Gasteiger partial charge is 0.273 e. The Balaban J connectivity index is 1.78. The van der Waals surface area contributed by atoms with Gasteiger partial charge in [-0.3, -0.25) is 9.59 Å². The number of aromatic nitrogens is 2. The molecule has 7 heteroatoms. The molecular formula is C18H21N3O2S2. The molecule has 0 fully saturated rings. The molecule has 1 unspecified atom stereocenters. The van der Waals surface area contributed by atoms with Gasteiger partial charge in [0.25, 0.3) is 5.56 Å². The van der Waals surface area contributed by atoms with Gasteiger partial charge in [-0.1, -0.05) is 30.8 Å². The summed E-state index contributed by atoms with van der Waals surface area (Å²) < 4.78 is 1.88. The third kappa shape index (κ3) is 4.27. The van der Waals surface area contributed by atoms with Crippen molar-refractivity contribution < 1.29 is 4.79 Å². The van der Waals surface area contributed by atoms with E-state index >= 15 is 0 Å². The first-order valence-corrected chi connectivity index (χ1v) is 10.2. The number of amides is 1. The van der Waals surface area contributed by atoms with E-state index < -0.39 is 0 Å². The maximum Gasteiger partial charge on any atom is 0.273 e. The van der Waals surface area contributed by atoms with E-state index in [0.29, 0.717) is 23.5 Å². The number of anilines is 1. The molecule has 0 saturated carbocycles. The number of aryl methyl sites for hydroxylation is 1. The van der Waals surface area contributed by atoms with Crippen molar-refractivity contribution in [3.05, 3.63) is 46.9 Å². The Morgan fingerprint density at radius 3 is 2.96 bits per heavy atom. The molecule has 0 bridgehead atoms. The van der Waals surface area contributed by atoms with E-state index in [2.05, 4.69) is 18.0 Å². The minimum absolute atomic E-state index is 0.0490. The van der Waals surface area contributed by atoms with Gasteiger partial charge < -0.3 is 9.47 Å². The van der Waals surface area contributed by atoms with E-state index in [9.17, 15) is 9.59 Å². The fourth-order valence-electron chi connectivity index (χ4n) is 2.72. The molecule has 0 spiro atoms. The fraction of sp³-hybridized carbons (Fsp3) is 0.389. The summed E-state index contributed by atoms with van der Waals surface area (Å²) in [5.41, 5.74) is 0.710. The van der Waals surface area contributed by atoms with Crippen molar-refractivity contribution >= 4 is 35.1 Å². The summed E-state index contributed by atoms with van der Waals surface area (Å²) in [7, 11) is 0. The van der Waals surface area contributed by atoms with E-state index in [1.54, 1.807) is 6.20 Å². The number of rotatable bonds is 4. The predicted octanol–water partition coefficient (Wildman–Crippen LogP) is 3.27. The molecule has 1 aromatic heterocycles. The van der Waals surface area contributed by atoms with Crippen molar-refractivity contribution in [2.75, 3.05) is 17.2 Å². The quantitative estimate of drug-likeness (QED) is 0.606. The van der Waals surface area contributed by atoms with Crippen molar-refractivity contribution in [2.24, 2.45) is 0 Å². The van der Waals surface area contributed by atoms with Gasteiger partial charge in [-0.15, -0.1) is 11.8 Å². The number of fused-ring (bicyclic) bond motifs is 1. The highest BCUT2D eigenvalue weighted by atomic mass is 32.2. The standard InChI is InChI=1S/C18H21N3O2S2/c1-3-20-10-9-16(22)19-18(20)24-12-17(23)21-11-8-13(2)25-15-7-5-4-6-14(15)21/h4-7,9-10,13H,3,8,11-12H2,1-2H3. The Morgan fingerprint density at radius 2 is 2.16 bits per heavy atom. The van der Waals surface area contributed by atoms with Crippen LogP contribution < -0.4 is 10.5 Å². The molecule has 2 aromatic rings. The van der Waals surface area contributed by atoms with E-state index in [4.69, 9.17) is 0 Å². The van der Waals surface area contributed by atoms with Crippen molar-refractivity contribution in [3.63, 3.8) is 0 Å². The minimum atomic E-state index is -0.273. The monoisotopic (exact) mass is 375 g/mol. The molecular weight excluding hydrogens is 354 g/mol. The van der Waals surface area contributed by atoms with Crippen LogP contribution in [-0.4, -0.2) is 33.0 Å². The highest BCUT2D eigenvalue weighted by molar-refractivity contribution is 8.00. The largest absolute Gasteiger partial charge is 0.328 e. The lowest BCUT2D eigenvalue weighted by molar-refractivity contribution is -0.116. The average Bonchev–Trinajstić information content (AvgIpc) is 2.78. The first-order chi connectivity index (χ1) is 12.1. The molecule has 1 aromatic carbocycles. The Morgan fingerprint density at radius 1 is 1.36 bits per heavy atom.